The van der Waals surface area contributed by atoms with Gasteiger partial charge in [-0.1, -0.05) is 11.2 Å². The molecule has 3 aromatic rings. The average Bonchev–Trinajstić information content (AvgIpc) is 3.28. The lowest BCUT2D eigenvalue weighted by Crippen LogP contribution is -2.07. The molecule has 0 saturated carbocycles. The number of aromatic nitrogens is 2. The number of carbonyl (C=O) groups is 1. The molecule has 0 bridgehead atoms. The van der Waals surface area contributed by atoms with Crippen LogP contribution < -0.4 is 14.8 Å². The van der Waals surface area contributed by atoms with Crippen LogP contribution in [0.1, 0.15) is 5.56 Å². The fourth-order valence-corrected chi connectivity index (χ4v) is 2.38. The van der Waals surface area contributed by atoms with Crippen molar-refractivity contribution in [2.75, 3.05) is 19.5 Å². The number of ether oxygens (including phenoxy) is 2. The fourth-order valence-electron chi connectivity index (χ4n) is 2.08. The highest BCUT2D eigenvalue weighted by Gasteiger charge is 2.13. The van der Waals surface area contributed by atoms with Gasteiger partial charge in [0.2, 0.25) is 0 Å². The number of hydrogen-bond acceptors (Lipinski definition) is 7. The number of methoxy groups -OCH3 is 2. The predicted molar refractivity (Wildman–Crippen MR) is 96.9 cm³/mol. The van der Waals surface area contributed by atoms with Gasteiger partial charge in [-0.2, -0.15) is 0 Å². The average molecular weight is 420 g/mol. The Bertz CT molecular complexity index is 948. The molecule has 0 fully saturated rings. The lowest BCUT2D eigenvalue weighted by molar-refractivity contribution is -0.112. The molecule has 2 heterocycles. The van der Waals surface area contributed by atoms with Crippen LogP contribution in [-0.2, 0) is 4.79 Å². The summed E-state index contributed by atoms with van der Waals surface area (Å²) in [6, 6.07) is 8.63. The number of anilines is 1. The molecule has 1 amide bonds. The second kappa shape index (κ2) is 7.87. The van der Waals surface area contributed by atoms with Crippen molar-refractivity contribution in [3.8, 4) is 23.1 Å². The molecule has 3 rings (SSSR count). The number of furan rings is 1. The monoisotopic (exact) mass is 419 g/mol. The number of amides is 1. The van der Waals surface area contributed by atoms with Crippen molar-refractivity contribution in [3.63, 3.8) is 0 Å². The molecule has 1 N–H and O–H groups in total. The number of carbonyl (C=O) groups excluding carboxylic acids is 1. The van der Waals surface area contributed by atoms with Crippen molar-refractivity contribution in [1.29, 1.82) is 0 Å². The molecule has 9 heteroatoms. The Morgan fingerprint density at radius 3 is 2.62 bits per heavy atom. The minimum Gasteiger partial charge on any atom is -0.493 e. The molecule has 0 aliphatic heterocycles. The van der Waals surface area contributed by atoms with Gasteiger partial charge in [0.1, 0.15) is 0 Å². The minimum absolute atomic E-state index is 0.0329. The molecule has 0 aliphatic rings. The van der Waals surface area contributed by atoms with Crippen LogP contribution in [0.3, 0.4) is 0 Å². The molecule has 2 aromatic heterocycles. The molecule has 0 atom stereocenters. The van der Waals surface area contributed by atoms with E-state index in [2.05, 4.69) is 31.4 Å². The highest BCUT2D eigenvalue weighted by atomic mass is 79.9. The fraction of sp³-hybridized carbons (Fsp3) is 0.118. The first-order valence-corrected chi connectivity index (χ1v) is 8.18. The van der Waals surface area contributed by atoms with Crippen molar-refractivity contribution < 1.29 is 23.1 Å². The SMILES string of the molecule is COc1ccc(C=CC(=O)Nc2nnc(-c3ccc(Br)o3)o2)cc1OC. The molecular formula is C17H14BrN3O5. The van der Waals surface area contributed by atoms with E-state index in [9.17, 15) is 4.79 Å². The van der Waals surface area contributed by atoms with Crippen LogP contribution in [-0.4, -0.2) is 30.3 Å². The summed E-state index contributed by atoms with van der Waals surface area (Å²) in [6.45, 7) is 0. The normalized spacial score (nSPS) is 10.9. The van der Waals surface area contributed by atoms with Crippen LogP contribution in [0.2, 0.25) is 0 Å². The molecule has 0 spiro atoms. The Morgan fingerprint density at radius 1 is 1.12 bits per heavy atom. The van der Waals surface area contributed by atoms with Crippen LogP contribution in [0.5, 0.6) is 11.5 Å². The highest BCUT2D eigenvalue weighted by Crippen LogP contribution is 2.28. The summed E-state index contributed by atoms with van der Waals surface area (Å²) < 4.78 is 21.6. The molecule has 0 aliphatic carbocycles. The van der Waals surface area contributed by atoms with E-state index in [4.69, 9.17) is 18.3 Å². The van der Waals surface area contributed by atoms with Crippen molar-refractivity contribution >= 4 is 33.9 Å². The van der Waals surface area contributed by atoms with Crippen molar-refractivity contribution in [1.82, 2.24) is 10.2 Å². The molecule has 0 unspecified atom stereocenters. The number of nitrogens with one attached hydrogen (secondary N) is 1. The topological polar surface area (TPSA) is 99.6 Å². The van der Waals surface area contributed by atoms with Crippen LogP contribution in [0.25, 0.3) is 17.7 Å². The molecule has 1 aromatic carbocycles. The van der Waals surface area contributed by atoms with E-state index >= 15 is 0 Å². The Morgan fingerprint density at radius 2 is 1.92 bits per heavy atom. The predicted octanol–water partition coefficient (Wildman–Crippen LogP) is 3.76. The standard InChI is InChI=1S/C17H14BrN3O5/c1-23-11-5-3-10(9-13(11)24-2)4-8-15(22)19-17-21-20-16(26-17)12-6-7-14(18)25-12/h3-9H,1-2H3,(H,19,21,22). The van der Waals surface area contributed by atoms with Gasteiger partial charge in [0.25, 0.3) is 11.8 Å². The molecule has 134 valence electrons. The summed E-state index contributed by atoms with van der Waals surface area (Å²) in [4.78, 5) is 12.0. The second-order valence-electron chi connectivity index (χ2n) is 4.95. The maximum atomic E-state index is 12.0. The maximum absolute atomic E-state index is 12.0. The van der Waals surface area contributed by atoms with Crippen LogP contribution in [0.15, 0.2) is 49.9 Å². The van der Waals surface area contributed by atoms with E-state index in [1.54, 1.807) is 50.6 Å². The zero-order valence-electron chi connectivity index (χ0n) is 13.9. The van der Waals surface area contributed by atoms with E-state index in [0.717, 1.165) is 5.56 Å². The van der Waals surface area contributed by atoms with Gasteiger partial charge in [-0.05, 0) is 51.8 Å². The van der Waals surface area contributed by atoms with Crippen LogP contribution in [0, 0.1) is 0 Å². The van der Waals surface area contributed by atoms with E-state index in [1.165, 1.54) is 6.08 Å². The molecule has 0 radical (unpaired) electrons. The van der Waals surface area contributed by atoms with Gasteiger partial charge in [0.05, 0.1) is 14.2 Å². The lowest BCUT2D eigenvalue weighted by atomic mass is 10.2. The molecule has 0 saturated heterocycles. The van der Waals surface area contributed by atoms with E-state index in [-0.39, 0.29) is 11.9 Å². The molecular weight excluding hydrogens is 406 g/mol. The van der Waals surface area contributed by atoms with Crippen LogP contribution >= 0.6 is 15.9 Å². The number of benzene rings is 1. The van der Waals surface area contributed by atoms with E-state index in [1.807, 2.05) is 0 Å². The summed E-state index contributed by atoms with van der Waals surface area (Å²) in [5, 5.41) is 10.0. The number of nitrogens with zero attached hydrogens (tertiary/aromatic N) is 2. The second-order valence-corrected chi connectivity index (χ2v) is 5.73. The number of hydrogen-bond donors (Lipinski definition) is 1. The smallest absolute Gasteiger partial charge is 0.322 e. The van der Waals surface area contributed by atoms with Crippen molar-refractivity contribution in [2.24, 2.45) is 0 Å². The van der Waals surface area contributed by atoms with Crippen molar-refractivity contribution in [3.05, 3.63) is 46.6 Å². The zero-order valence-corrected chi connectivity index (χ0v) is 15.4. The third-order valence-corrected chi connectivity index (χ3v) is 3.70. The van der Waals surface area contributed by atoms with Gasteiger partial charge in [-0.3, -0.25) is 10.1 Å². The Balaban J connectivity index is 1.65. The Hall–Kier alpha value is -3.07. The Kier molecular flexibility index (Phi) is 5.37. The van der Waals surface area contributed by atoms with Gasteiger partial charge >= 0.3 is 6.01 Å². The summed E-state index contributed by atoms with van der Waals surface area (Å²) in [6.07, 6.45) is 2.97. The summed E-state index contributed by atoms with van der Waals surface area (Å²) in [7, 11) is 3.10. The van der Waals surface area contributed by atoms with Crippen molar-refractivity contribution in [2.45, 2.75) is 0 Å². The first-order chi connectivity index (χ1) is 12.6. The maximum Gasteiger partial charge on any atom is 0.322 e. The third kappa shape index (κ3) is 4.12. The number of halogens is 1. The molecule has 26 heavy (non-hydrogen) atoms. The largest absolute Gasteiger partial charge is 0.493 e. The minimum atomic E-state index is -0.421. The van der Waals surface area contributed by atoms with Crippen LogP contribution in [0.4, 0.5) is 6.01 Å². The van der Waals surface area contributed by atoms with Gasteiger partial charge < -0.3 is 18.3 Å². The van der Waals surface area contributed by atoms with Gasteiger partial charge in [-0.15, -0.1) is 5.10 Å². The summed E-state index contributed by atoms with van der Waals surface area (Å²) in [5.41, 5.74) is 0.768. The van der Waals surface area contributed by atoms with E-state index < -0.39 is 5.91 Å². The Labute approximate surface area is 156 Å². The quantitative estimate of drug-likeness (QED) is 0.606. The van der Waals surface area contributed by atoms with Gasteiger partial charge in [0.15, 0.2) is 21.9 Å². The van der Waals surface area contributed by atoms with Gasteiger partial charge in [0, 0.05) is 6.08 Å². The summed E-state index contributed by atoms with van der Waals surface area (Å²) in [5.74, 6) is 1.31. The zero-order chi connectivity index (χ0) is 18.5. The number of rotatable bonds is 6. The first kappa shape index (κ1) is 17.7. The first-order valence-electron chi connectivity index (χ1n) is 7.39. The van der Waals surface area contributed by atoms with E-state index in [0.29, 0.717) is 21.9 Å². The summed E-state index contributed by atoms with van der Waals surface area (Å²) >= 11 is 3.19. The highest BCUT2D eigenvalue weighted by molar-refractivity contribution is 9.10. The molecule has 8 nitrogen and oxygen atoms in total. The lowest BCUT2D eigenvalue weighted by Gasteiger charge is -2.07. The third-order valence-electron chi connectivity index (χ3n) is 3.27. The van der Waals surface area contributed by atoms with Gasteiger partial charge in [-0.25, -0.2) is 0 Å².